The first-order valence-corrected chi connectivity index (χ1v) is 11.9. The Kier molecular flexibility index (Phi) is 20.1. The van der Waals surface area contributed by atoms with Crippen LogP contribution in [0.4, 0.5) is 0 Å². The summed E-state index contributed by atoms with van der Waals surface area (Å²) in [5.74, 6) is 3.27. The molecule has 0 spiro atoms. The van der Waals surface area contributed by atoms with E-state index >= 15 is 0 Å². The van der Waals surface area contributed by atoms with Gasteiger partial charge in [-0.2, -0.15) is 0 Å². The third-order valence-electron chi connectivity index (χ3n) is 5.81. The molecule has 4 atom stereocenters. The van der Waals surface area contributed by atoms with Crippen LogP contribution in [0.3, 0.4) is 0 Å². The largest absolute Gasteiger partial charge is 0.103 e. The minimum Gasteiger partial charge on any atom is -0.103 e. The Morgan fingerprint density at radius 1 is 1.18 bits per heavy atom. The Hall–Kier alpha value is -1.04. The molecule has 0 amide bonds. The lowest BCUT2D eigenvalue weighted by molar-refractivity contribution is 0.357. The highest BCUT2D eigenvalue weighted by molar-refractivity contribution is 5.10. The Labute approximate surface area is 179 Å². The maximum absolute atomic E-state index is 4.24. The molecule has 2 unspecified atom stereocenters. The monoisotopic (exact) mass is 388 g/mol. The fraction of sp³-hybridized carbons (Fsp3) is 0.714. The Morgan fingerprint density at radius 3 is 2.25 bits per heavy atom. The molecule has 1 fully saturated rings. The predicted octanol–water partition coefficient (Wildman–Crippen LogP) is 9.94. The highest BCUT2D eigenvalue weighted by Gasteiger charge is 2.31. The lowest BCUT2D eigenvalue weighted by Crippen LogP contribution is -2.09. The van der Waals surface area contributed by atoms with Gasteiger partial charge in [-0.25, -0.2) is 0 Å². The van der Waals surface area contributed by atoms with Crippen LogP contribution in [-0.2, 0) is 0 Å². The molecule has 0 saturated heterocycles. The fourth-order valence-electron chi connectivity index (χ4n) is 3.78. The summed E-state index contributed by atoms with van der Waals surface area (Å²) in [6, 6.07) is 0. The average molecular weight is 389 g/mol. The molecule has 164 valence electrons. The molecule has 0 bridgehead atoms. The van der Waals surface area contributed by atoms with Gasteiger partial charge in [-0.1, -0.05) is 96.8 Å². The van der Waals surface area contributed by atoms with Crippen LogP contribution in [-0.4, -0.2) is 0 Å². The van der Waals surface area contributed by atoms with E-state index in [1.807, 2.05) is 19.9 Å². The standard InChI is InChI=1S/C17H28.C9H18.C2H6/c1-13(2)10-8-6-7-9-11-17-15(4)12-14(3)16(17)5;1-4-6-8-9(3)7-5-2;1-2/h6-7,14,16-17H,1,4,8-12H2,2-3,5H3;5,9H,2,4,6-8H2,1,3H3;1-2H3/b7-6-;;/t14-,16?,17+;;/m1../s1. The second-order valence-electron chi connectivity index (χ2n) is 8.62. The van der Waals surface area contributed by atoms with Crippen molar-refractivity contribution in [2.75, 3.05) is 0 Å². The summed E-state index contributed by atoms with van der Waals surface area (Å²) in [4.78, 5) is 0. The lowest BCUT2D eigenvalue weighted by Gasteiger charge is -2.17. The molecule has 0 heterocycles. The maximum atomic E-state index is 4.24. The topological polar surface area (TPSA) is 0 Å². The summed E-state index contributed by atoms with van der Waals surface area (Å²) in [5, 5.41) is 0. The van der Waals surface area contributed by atoms with Crippen molar-refractivity contribution in [2.45, 2.75) is 106 Å². The van der Waals surface area contributed by atoms with Gasteiger partial charge < -0.3 is 0 Å². The zero-order chi connectivity index (χ0) is 21.9. The van der Waals surface area contributed by atoms with E-state index in [0.717, 1.165) is 36.5 Å². The smallest absolute Gasteiger partial charge is 0.0174 e. The Morgan fingerprint density at radius 2 is 1.79 bits per heavy atom. The van der Waals surface area contributed by atoms with Gasteiger partial charge in [-0.15, -0.1) is 13.2 Å². The van der Waals surface area contributed by atoms with Crippen LogP contribution in [0.1, 0.15) is 106 Å². The van der Waals surface area contributed by atoms with Gasteiger partial charge in [0.25, 0.3) is 0 Å². The van der Waals surface area contributed by atoms with E-state index in [0.29, 0.717) is 0 Å². The molecule has 0 aromatic carbocycles. The first kappa shape index (κ1) is 29.2. The van der Waals surface area contributed by atoms with Crippen molar-refractivity contribution in [3.8, 4) is 0 Å². The normalized spacial score (nSPS) is 22.1. The number of hydrogen-bond donors (Lipinski definition) is 0. The Bertz CT molecular complexity index is 425. The van der Waals surface area contributed by atoms with Crippen LogP contribution in [0.15, 0.2) is 49.1 Å². The SMILES string of the molecule is C=C(C)CC/C=C\CC[C@H]1C(=C)C[C@@H](C)C1C.C=CCC(C)CCCC.CC. The molecule has 0 aliphatic heterocycles. The van der Waals surface area contributed by atoms with Gasteiger partial charge in [0.05, 0.1) is 0 Å². The van der Waals surface area contributed by atoms with Crippen molar-refractivity contribution >= 4 is 0 Å². The molecule has 0 radical (unpaired) electrons. The van der Waals surface area contributed by atoms with E-state index in [2.05, 4.69) is 66.5 Å². The van der Waals surface area contributed by atoms with E-state index in [-0.39, 0.29) is 0 Å². The minimum absolute atomic E-state index is 0.760. The Balaban J connectivity index is 0. The lowest BCUT2D eigenvalue weighted by atomic mass is 9.88. The molecule has 1 rings (SSSR count). The fourth-order valence-corrected chi connectivity index (χ4v) is 3.78. The number of rotatable bonds is 11. The summed E-state index contributed by atoms with van der Waals surface area (Å²) in [5.41, 5.74) is 2.77. The zero-order valence-corrected chi connectivity index (χ0v) is 20.5. The first-order chi connectivity index (χ1) is 13.3. The molecular formula is C28H52. The molecule has 0 N–H and O–H groups in total. The van der Waals surface area contributed by atoms with Crippen LogP contribution in [0.2, 0.25) is 0 Å². The van der Waals surface area contributed by atoms with Gasteiger partial charge in [-0.3, -0.25) is 0 Å². The summed E-state index contributed by atoms with van der Waals surface area (Å²) in [6.45, 7) is 27.2. The van der Waals surface area contributed by atoms with Crippen LogP contribution < -0.4 is 0 Å². The van der Waals surface area contributed by atoms with Gasteiger partial charge in [0.2, 0.25) is 0 Å². The van der Waals surface area contributed by atoms with E-state index in [1.165, 1.54) is 56.1 Å². The minimum atomic E-state index is 0.760. The van der Waals surface area contributed by atoms with Gasteiger partial charge >= 0.3 is 0 Å². The molecule has 0 heteroatoms. The highest BCUT2D eigenvalue weighted by atomic mass is 14.4. The van der Waals surface area contributed by atoms with Gasteiger partial charge in [0.15, 0.2) is 0 Å². The van der Waals surface area contributed by atoms with Crippen LogP contribution in [0.25, 0.3) is 0 Å². The van der Waals surface area contributed by atoms with E-state index in [1.54, 1.807) is 0 Å². The van der Waals surface area contributed by atoms with Gasteiger partial charge in [-0.05, 0) is 69.1 Å². The van der Waals surface area contributed by atoms with Crippen LogP contribution >= 0.6 is 0 Å². The number of allylic oxidation sites excluding steroid dienone is 5. The van der Waals surface area contributed by atoms with Crippen molar-refractivity contribution in [3.05, 3.63) is 49.1 Å². The molecular weight excluding hydrogens is 336 g/mol. The molecule has 1 aliphatic carbocycles. The number of unbranched alkanes of at least 4 members (excludes halogenated alkanes) is 1. The summed E-state index contributed by atoms with van der Waals surface area (Å²) >= 11 is 0. The van der Waals surface area contributed by atoms with E-state index < -0.39 is 0 Å². The zero-order valence-electron chi connectivity index (χ0n) is 20.5. The predicted molar refractivity (Wildman–Crippen MR) is 133 cm³/mol. The maximum Gasteiger partial charge on any atom is -0.0174 e. The van der Waals surface area contributed by atoms with Gasteiger partial charge in [0.1, 0.15) is 0 Å². The second kappa shape index (κ2) is 19.3. The van der Waals surface area contributed by atoms with Crippen molar-refractivity contribution < 1.29 is 0 Å². The van der Waals surface area contributed by atoms with Crippen LogP contribution in [0.5, 0.6) is 0 Å². The molecule has 28 heavy (non-hydrogen) atoms. The molecule has 1 saturated carbocycles. The van der Waals surface area contributed by atoms with Crippen molar-refractivity contribution in [1.29, 1.82) is 0 Å². The van der Waals surface area contributed by atoms with Crippen molar-refractivity contribution in [1.82, 2.24) is 0 Å². The van der Waals surface area contributed by atoms with Crippen molar-refractivity contribution in [3.63, 3.8) is 0 Å². The second-order valence-corrected chi connectivity index (χ2v) is 8.62. The highest BCUT2D eigenvalue weighted by Crippen LogP contribution is 2.42. The average Bonchev–Trinajstić information content (AvgIpc) is 2.90. The van der Waals surface area contributed by atoms with Crippen LogP contribution in [0, 0.1) is 23.7 Å². The molecule has 0 aromatic rings. The third kappa shape index (κ3) is 14.9. The van der Waals surface area contributed by atoms with Crippen molar-refractivity contribution in [2.24, 2.45) is 23.7 Å². The number of hydrogen-bond acceptors (Lipinski definition) is 0. The van der Waals surface area contributed by atoms with E-state index in [9.17, 15) is 0 Å². The van der Waals surface area contributed by atoms with E-state index in [4.69, 9.17) is 0 Å². The quantitative estimate of drug-likeness (QED) is 0.309. The third-order valence-corrected chi connectivity index (χ3v) is 5.81. The molecule has 1 aliphatic rings. The molecule has 0 nitrogen and oxygen atoms in total. The summed E-state index contributed by atoms with van der Waals surface area (Å²) in [7, 11) is 0. The van der Waals surface area contributed by atoms with Gasteiger partial charge in [0, 0.05) is 0 Å². The summed E-state index contributed by atoms with van der Waals surface area (Å²) in [6.07, 6.45) is 17.9. The molecule has 0 aromatic heterocycles. The first-order valence-electron chi connectivity index (χ1n) is 11.9. The summed E-state index contributed by atoms with van der Waals surface area (Å²) < 4.78 is 0.